The van der Waals surface area contributed by atoms with Gasteiger partial charge in [0, 0.05) is 21.4 Å². The lowest BCUT2D eigenvalue weighted by molar-refractivity contribution is 0.103. The van der Waals surface area contributed by atoms with Crippen LogP contribution in [0.15, 0.2) is 40.9 Å². The van der Waals surface area contributed by atoms with Gasteiger partial charge >= 0.3 is 0 Å². The van der Waals surface area contributed by atoms with Crippen molar-refractivity contribution in [1.29, 1.82) is 0 Å². The maximum absolute atomic E-state index is 13.6. The van der Waals surface area contributed by atoms with Crippen molar-refractivity contribution in [3.05, 3.63) is 69.2 Å². The van der Waals surface area contributed by atoms with Crippen molar-refractivity contribution < 1.29 is 13.6 Å². The first-order valence-electron chi connectivity index (χ1n) is 5.37. The Morgan fingerprint density at radius 2 is 1.74 bits per heavy atom. The molecule has 19 heavy (non-hydrogen) atoms. The minimum absolute atomic E-state index is 0.145. The van der Waals surface area contributed by atoms with E-state index in [1.807, 2.05) is 0 Å². The van der Waals surface area contributed by atoms with Crippen LogP contribution < -0.4 is 0 Å². The largest absolute Gasteiger partial charge is 0.288 e. The van der Waals surface area contributed by atoms with E-state index >= 15 is 0 Å². The fraction of sp³-hybridized carbons (Fsp3) is 0.0714. The number of carbonyl (C=O) groups is 1. The third-order valence-corrected chi connectivity index (χ3v) is 3.91. The lowest BCUT2D eigenvalue weighted by atomic mass is 10.0. The van der Waals surface area contributed by atoms with Crippen LogP contribution in [0.5, 0.6) is 0 Å². The SMILES string of the molecule is O=C(c1ccc(F)cc1F)c1ccc(CBr)cc1Br. The molecule has 0 saturated carbocycles. The molecule has 5 heteroatoms. The van der Waals surface area contributed by atoms with Crippen molar-refractivity contribution in [2.24, 2.45) is 0 Å². The number of hydrogen-bond acceptors (Lipinski definition) is 1. The molecule has 0 fully saturated rings. The summed E-state index contributed by atoms with van der Waals surface area (Å²) in [4.78, 5) is 12.2. The second-order valence-corrected chi connectivity index (χ2v) is 5.32. The summed E-state index contributed by atoms with van der Waals surface area (Å²) in [5.41, 5.74) is 1.19. The molecule has 0 bridgehead atoms. The maximum atomic E-state index is 13.6. The fourth-order valence-corrected chi connectivity index (χ4v) is 2.60. The van der Waals surface area contributed by atoms with Gasteiger partial charge in [-0.3, -0.25) is 4.79 Å². The zero-order valence-electron chi connectivity index (χ0n) is 9.59. The van der Waals surface area contributed by atoms with Crippen LogP contribution in [0.25, 0.3) is 0 Å². The van der Waals surface area contributed by atoms with Crippen LogP contribution in [0.2, 0.25) is 0 Å². The Labute approximate surface area is 125 Å². The summed E-state index contributed by atoms with van der Waals surface area (Å²) in [5.74, 6) is -2.05. The Morgan fingerprint density at radius 3 is 2.32 bits per heavy atom. The van der Waals surface area contributed by atoms with Gasteiger partial charge in [0.25, 0.3) is 0 Å². The first-order valence-corrected chi connectivity index (χ1v) is 7.28. The van der Waals surface area contributed by atoms with E-state index < -0.39 is 17.4 Å². The zero-order valence-corrected chi connectivity index (χ0v) is 12.8. The molecule has 0 amide bonds. The molecule has 0 radical (unpaired) electrons. The number of carbonyl (C=O) groups excluding carboxylic acids is 1. The molecule has 0 spiro atoms. The number of alkyl halides is 1. The summed E-state index contributed by atoms with van der Waals surface area (Å²) >= 11 is 6.60. The smallest absolute Gasteiger partial charge is 0.197 e. The van der Waals surface area contributed by atoms with Crippen molar-refractivity contribution in [1.82, 2.24) is 0 Å². The van der Waals surface area contributed by atoms with Crippen LogP contribution in [-0.4, -0.2) is 5.78 Å². The molecule has 0 heterocycles. The number of benzene rings is 2. The molecule has 0 aliphatic carbocycles. The molecule has 0 N–H and O–H groups in total. The molecule has 0 aliphatic rings. The number of halogens is 4. The zero-order chi connectivity index (χ0) is 14.0. The second-order valence-electron chi connectivity index (χ2n) is 3.90. The third-order valence-electron chi connectivity index (χ3n) is 2.61. The standard InChI is InChI=1S/C14H8Br2F2O/c15-7-8-1-3-10(12(16)5-8)14(19)11-4-2-9(17)6-13(11)18/h1-6H,7H2. The summed E-state index contributed by atoms with van der Waals surface area (Å²) in [7, 11) is 0. The van der Waals surface area contributed by atoms with Crippen molar-refractivity contribution in [3.63, 3.8) is 0 Å². The van der Waals surface area contributed by atoms with Gasteiger partial charge in [0.15, 0.2) is 5.78 Å². The Balaban J connectivity index is 2.44. The molecule has 0 atom stereocenters. The molecular weight excluding hydrogens is 382 g/mol. The van der Waals surface area contributed by atoms with E-state index in [0.717, 1.165) is 17.7 Å². The van der Waals surface area contributed by atoms with Crippen LogP contribution >= 0.6 is 31.9 Å². The van der Waals surface area contributed by atoms with E-state index in [1.54, 1.807) is 18.2 Å². The maximum Gasteiger partial charge on any atom is 0.197 e. The lowest BCUT2D eigenvalue weighted by Gasteiger charge is -2.06. The Kier molecular flexibility index (Phi) is 4.47. The van der Waals surface area contributed by atoms with E-state index in [9.17, 15) is 13.6 Å². The normalized spacial score (nSPS) is 10.5. The average Bonchev–Trinajstić information content (AvgIpc) is 2.37. The Morgan fingerprint density at radius 1 is 1.05 bits per heavy atom. The molecule has 1 nitrogen and oxygen atoms in total. The number of ketones is 1. The molecule has 0 saturated heterocycles. The van der Waals surface area contributed by atoms with Gasteiger partial charge < -0.3 is 0 Å². The van der Waals surface area contributed by atoms with Gasteiger partial charge in [0.2, 0.25) is 0 Å². The fourth-order valence-electron chi connectivity index (χ4n) is 1.64. The van der Waals surface area contributed by atoms with Crippen LogP contribution in [0.3, 0.4) is 0 Å². The molecule has 2 rings (SSSR count). The van der Waals surface area contributed by atoms with Crippen molar-refractivity contribution in [2.75, 3.05) is 0 Å². The molecular formula is C14H8Br2F2O. The van der Waals surface area contributed by atoms with Crippen molar-refractivity contribution in [2.45, 2.75) is 5.33 Å². The van der Waals surface area contributed by atoms with Crippen LogP contribution in [0, 0.1) is 11.6 Å². The van der Waals surface area contributed by atoms with Crippen LogP contribution in [-0.2, 0) is 5.33 Å². The highest BCUT2D eigenvalue weighted by Gasteiger charge is 2.17. The molecule has 0 aromatic heterocycles. The van der Waals surface area contributed by atoms with E-state index in [-0.39, 0.29) is 5.56 Å². The van der Waals surface area contributed by atoms with Crippen LogP contribution in [0.1, 0.15) is 21.5 Å². The van der Waals surface area contributed by atoms with Gasteiger partial charge in [0.05, 0.1) is 5.56 Å². The van der Waals surface area contributed by atoms with Gasteiger partial charge in [0.1, 0.15) is 11.6 Å². The summed E-state index contributed by atoms with van der Waals surface area (Å²) in [5, 5.41) is 0.658. The van der Waals surface area contributed by atoms with E-state index in [4.69, 9.17) is 0 Å². The van der Waals surface area contributed by atoms with Gasteiger partial charge in [-0.15, -0.1) is 0 Å². The van der Waals surface area contributed by atoms with Crippen molar-refractivity contribution in [3.8, 4) is 0 Å². The Bertz CT molecular complexity index is 641. The topological polar surface area (TPSA) is 17.1 Å². The van der Waals surface area contributed by atoms with Crippen molar-refractivity contribution >= 4 is 37.6 Å². The molecule has 98 valence electrons. The lowest BCUT2D eigenvalue weighted by Crippen LogP contribution is -2.06. The molecule has 0 unspecified atom stereocenters. The van der Waals surface area contributed by atoms with E-state index in [1.165, 1.54) is 0 Å². The van der Waals surface area contributed by atoms with E-state index in [0.29, 0.717) is 21.4 Å². The van der Waals surface area contributed by atoms with E-state index in [2.05, 4.69) is 31.9 Å². The average molecular weight is 390 g/mol. The summed E-state index contributed by atoms with van der Waals surface area (Å²) in [6.45, 7) is 0. The quantitative estimate of drug-likeness (QED) is 0.541. The highest BCUT2D eigenvalue weighted by molar-refractivity contribution is 9.10. The minimum Gasteiger partial charge on any atom is -0.288 e. The number of rotatable bonds is 3. The molecule has 0 aliphatic heterocycles. The van der Waals surface area contributed by atoms with Gasteiger partial charge in [-0.2, -0.15) is 0 Å². The predicted octanol–water partition coefficient (Wildman–Crippen LogP) is 4.85. The predicted molar refractivity (Wildman–Crippen MR) is 76.6 cm³/mol. The highest BCUT2D eigenvalue weighted by Crippen LogP contribution is 2.24. The monoisotopic (exact) mass is 388 g/mol. The highest BCUT2D eigenvalue weighted by atomic mass is 79.9. The summed E-state index contributed by atoms with van der Waals surface area (Å²) in [6, 6.07) is 8.09. The summed E-state index contributed by atoms with van der Waals surface area (Å²) < 4.78 is 27.0. The number of hydrogen-bond donors (Lipinski definition) is 0. The first kappa shape index (κ1) is 14.3. The van der Waals surface area contributed by atoms with Gasteiger partial charge in [-0.05, 0) is 29.8 Å². The molecule has 2 aromatic rings. The molecule has 2 aromatic carbocycles. The first-order chi connectivity index (χ1) is 9.02. The van der Waals surface area contributed by atoms with Crippen LogP contribution in [0.4, 0.5) is 8.78 Å². The van der Waals surface area contributed by atoms with Gasteiger partial charge in [-0.1, -0.05) is 37.9 Å². The minimum atomic E-state index is -0.860. The Hall–Kier alpha value is -1.07. The summed E-state index contributed by atoms with van der Waals surface area (Å²) in [6.07, 6.45) is 0. The third kappa shape index (κ3) is 3.09. The van der Waals surface area contributed by atoms with Gasteiger partial charge in [-0.25, -0.2) is 8.78 Å². The second kappa shape index (κ2) is 5.92.